The van der Waals surface area contributed by atoms with Gasteiger partial charge in [-0.15, -0.1) is 11.3 Å². The summed E-state index contributed by atoms with van der Waals surface area (Å²) >= 11 is 1.62. The number of hydrogen-bond acceptors (Lipinski definition) is 6. The van der Waals surface area contributed by atoms with E-state index in [0.717, 1.165) is 60.4 Å². The normalized spacial score (nSPS) is 15.5. The van der Waals surface area contributed by atoms with Gasteiger partial charge < -0.3 is 5.32 Å². The third kappa shape index (κ3) is 9.07. The minimum absolute atomic E-state index is 0.0630. The van der Waals surface area contributed by atoms with E-state index in [4.69, 9.17) is 4.98 Å². The number of Topliss-reactive ketones (excluding diaryl/α,β-unsaturated/α-hetero) is 2. The van der Waals surface area contributed by atoms with Crippen LogP contribution in [-0.2, 0) is 27.2 Å². The number of hydrogen-bond donors (Lipinski definition) is 1. The molecule has 0 saturated heterocycles. The number of amides is 1. The van der Waals surface area contributed by atoms with Gasteiger partial charge in [0.15, 0.2) is 5.78 Å². The van der Waals surface area contributed by atoms with Crippen LogP contribution < -0.4 is 5.32 Å². The van der Waals surface area contributed by atoms with Crippen LogP contribution >= 0.6 is 11.3 Å². The van der Waals surface area contributed by atoms with Gasteiger partial charge in [-0.25, -0.2) is 4.98 Å². The SMILES string of the molecule is C=C(CN(CC)CC)C(=O)CC[C@@H](NC(=O)[C@@H](CC(=O)CC)Cc1nc2ccc(CC)cc2s1)C1CCCC1. The standard InChI is InChI=1S/C32H47N3O3S/c1-6-23-14-15-28-30(18-23)39-31(33-28)20-25(19-26(36)7-2)32(38)34-27(24-12-10-11-13-24)16-17-29(37)22(5)21-35(8-3)9-4/h14-15,18,24-25,27H,5-13,16-17,19-21H2,1-4H3,(H,34,38)/t25-,27+/m0/s1. The molecular weight excluding hydrogens is 506 g/mol. The summed E-state index contributed by atoms with van der Waals surface area (Å²) in [6, 6.07) is 6.25. The van der Waals surface area contributed by atoms with Gasteiger partial charge in [-0.3, -0.25) is 19.3 Å². The van der Waals surface area contributed by atoms with Crippen LogP contribution in [0.5, 0.6) is 0 Å². The zero-order valence-corrected chi connectivity index (χ0v) is 25.2. The Balaban J connectivity index is 1.71. The van der Waals surface area contributed by atoms with E-state index in [9.17, 15) is 14.4 Å². The molecule has 1 fully saturated rings. The number of fused-ring (bicyclic) bond motifs is 1. The first-order valence-electron chi connectivity index (χ1n) is 14.9. The second-order valence-electron chi connectivity index (χ2n) is 10.9. The van der Waals surface area contributed by atoms with E-state index in [1.807, 2.05) is 13.0 Å². The van der Waals surface area contributed by atoms with E-state index >= 15 is 0 Å². The maximum Gasteiger partial charge on any atom is 0.224 e. The molecule has 214 valence electrons. The minimum atomic E-state index is -0.458. The molecule has 0 radical (unpaired) electrons. The van der Waals surface area contributed by atoms with E-state index in [1.54, 1.807) is 11.3 Å². The number of benzene rings is 1. The van der Waals surface area contributed by atoms with Crippen molar-refractivity contribution in [2.45, 2.75) is 97.9 Å². The molecule has 1 aromatic carbocycles. The Hall–Kier alpha value is -2.38. The number of aryl methyl sites for hydroxylation is 1. The molecule has 2 atom stereocenters. The summed E-state index contributed by atoms with van der Waals surface area (Å²) in [5.74, 6) is -0.00430. The molecule has 1 aromatic heterocycles. The maximum absolute atomic E-state index is 13.7. The summed E-state index contributed by atoms with van der Waals surface area (Å²) in [4.78, 5) is 46.1. The summed E-state index contributed by atoms with van der Waals surface area (Å²) in [5, 5.41) is 4.20. The van der Waals surface area contributed by atoms with Crippen LogP contribution in [0, 0.1) is 11.8 Å². The van der Waals surface area contributed by atoms with Crippen molar-refractivity contribution in [2.24, 2.45) is 11.8 Å². The van der Waals surface area contributed by atoms with E-state index in [1.165, 1.54) is 5.56 Å². The number of likely N-dealkylation sites (N-methyl/N-ethyl adjacent to an activating group) is 1. The lowest BCUT2D eigenvalue weighted by Gasteiger charge is -2.27. The Bertz CT molecular complexity index is 1130. The van der Waals surface area contributed by atoms with Gasteiger partial charge in [0.1, 0.15) is 5.78 Å². The van der Waals surface area contributed by atoms with Crippen molar-refractivity contribution in [3.05, 3.63) is 40.9 Å². The second kappa shape index (κ2) is 15.4. The molecule has 7 heteroatoms. The number of nitrogens with zero attached hydrogens (tertiary/aromatic N) is 2. The zero-order chi connectivity index (χ0) is 28.4. The van der Waals surface area contributed by atoms with Gasteiger partial charge in [0, 0.05) is 43.8 Å². The van der Waals surface area contributed by atoms with E-state index in [2.05, 4.69) is 49.7 Å². The van der Waals surface area contributed by atoms with Crippen LogP contribution in [0.15, 0.2) is 30.4 Å². The Kier molecular flexibility index (Phi) is 12.3. The highest BCUT2D eigenvalue weighted by Crippen LogP contribution is 2.31. The topological polar surface area (TPSA) is 79.4 Å². The van der Waals surface area contributed by atoms with E-state index in [-0.39, 0.29) is 29.9 Å². The quantitative estimate of drug-likeness (QED) is 0.232. The van der Waals surface area contributed by atoms with Crippen molar-refractivity contribution >= 4 is 39.0 Å². The van der Waals surface area contributed by atoms with Gasteiger partial charge in [-0.2, -0.15) is 0 Å². The van der Waals surface area contributed by atoms with Crippen LogP contribution in [-0.4, -0.2) is 53.0 Å². The van der Waals surface area contributed by atoms with Crippen LogP contribution in [0.4, 0.5) is 0 Å². The highest BCUT2D eigenvalue weighted by Gasteiger charge is 2.31. The molecule has 6 nitrogen and oxygen atoms in total. The molecule has 1 aliphatic rings. The van der Waals surface area contributed by atoms with Crippen molar-refractivity contribution in [3.8, 4) is 0 Å². The monoisotopic (exact) mass is 553 g/mol. The van der Waals surface area contributed by atoms with Gasteiger partial charge in [0.25, 0.3) is 0 Å². The van der Waals surface area contributed by atoms with Crippen LogP contribution in [0.1, 0.15) is 89.6 Å². The van der Waals surface area contributed by atoms with Gasteiger partial charge in [0.05, 0.1) is 21.1 Å². The second-order valence-corrected chi connectivity index (χ2v) is 12.1. The van der Waals surface area contributed by atoms with Crippen molar-refractivity contribution in [2.75, 3.05) is 19.6 Å². The number of carbonyl (C=O) groups is 3. The average Bonchev–Trinajstić information content (AvgIpc) is 3.62. The minimum Gasteiger partial charge on any atom is -0.353 e. The number of rotatable bonds is 17. The third-order valence-electron chi connectivity index (χ3n) is 8.25. The Morgan fingerprint density at radius 3 is 2.49 bits per heavy atom. The summed E-state index contributed by atoms with van der Waals surface area (Å²) in [6.45, 7) is 14.6. The lowest BCUT2D eigenvalue weighted by Crippen LogP contribution is -2.44. The first-order valence-corrected chi connectivity index (χ1v) is 15.7. The first-order chi connectivity index (χ1) is 18.8. The fraction of sp³-hybridized carbons (Fsp3) is 0.625. The number of nitrogens with one attached hydrogen (secondary N) is 1. The summed E-state index contributed by atoms with van der Waals surface area (Å²) < 4.78 is 1.12. The largest absolute Gasteiger partial charge is 0.353 e. The fourth-order valence-electron chi connectivity index (χ4n) is 5.57. The predicted octanol–water partition coefficient (Wildman–Crippen LogP) is 6.31. The smallest absolute Gasteiger partial charge is 0.224 e. The molecule has 1 heterocycles. The molecular formula is C32H47N3O3S. The highest BCUT2D eigenvalue weighted by atomic mass is 32.1. The van der Waals surface area contributed by atoms with Crippen LogP contribution in [0.3, 0.4) is 0 Å². The van der Waals surface area contributed by atoms with Crippen LogP contribution in [0.25, 0.3) is 10.2 Å². The molecule has 0 spiro atoms. The summed E-state index contributed by atoms with van der Waals surface area (Å²) in [7, 11) is 0. The van der Waals surface area contributed by atoms with Gasteiger partial charge in [0.2, 0.25) is 5.91 Å². The zero-order valence-electron chi connectivity index (χ0n) is 24.4. The molecule has 3 rings (SSSR count). The molecule has 1 aliphatic carbocycles. The molecule has 0 bridgehead atoms. The predicted molar refractivity (Wildman–Crippen MR) is 161 cm³/mol. The Morgan fingerprint density at radius 2 is 1.85 bits per heavy atom. The van der Waals surface area contributed by atoms with E-state index < -0.39 is 5.92 Å². The molecule has 1 N–H and O–H groups in total. The Morgan fingerprint density at radius 1 is 1.13 bits per heavy atom. The molecule has 39 heavy (non-hydrogen) atoms. The third-order valence-corrected chi connectivity index (χ3v) is 9.29. The first kappa shape index (κ1) is 31.2. The number of ketones is 2. The van der Waals surface area contributed by atoms with Gasteiger partial charge >= 0.3 is 0 Å². The summed E-state index contributed by atoms with van der Waals surface area (Å²) in [5.41, 5.74) is 2.85. The van der Waals surface area contributed by atoms with E-state index in [0.29, 0.717) is 43.7 Å². The average molecular weight is 554 g/mol. The molecule has 2 aromatic rings. The molecule has 0 aliphatic heterocycles. The van der Waals surface area contributed by atoms with Crippen molar-refractivity contribution in [1.82, 2.24) is 15.2 Å². The van der Waals surface area contributed by atoms with Gasteiger partial charge in [-0.05, 0) is 62.4 Å². The Labute approximate surface area is 238 Å². The maximum atomic E-state index is 13.7. The number of carbonyl (C=O) groups excluding carboxylic acids is 3. The van der Waals surface area contributed by atoms with Crippen LogP contribution in [0.2, 0.25) is 0 Å². The summed E-state index contributed by atoms with van der Waals surface area (Å²) in [6.07, 6.45) is 7.49. The number of thiazole rings is 1. The van der Waals surface area contributed by atoms with Crippen molar-refractivity contribution in [3.63, 3.8) is 0 Å². The lowest BCUT2D eigenvalue weighted by atomic mass is 9.90. The van der Waals surface area contributed by atoms with Crippen molar-refractivity contribution < 1.29 is 14.4 Å². The molecule has 1 saturated carbocycles. The molecule has 1 amide bonds. The van der Waals surface area contributed by atoms with Crippen molar-refractivity contribution in [1.29, 1.82) is 0 Å². The highest BCUT2D eigenvalue weighted by molar-refractivity contribution is 7.18. The lowest BCUT2D eigenvalue weighted by molar-refractivity contribution is -0.130. The number of aromatic nitrogens is 1. The fourth-order valence-corrected chi connectivity index (χ4v) is 6.68. The van der Waals surface area contributed by atoms with Gasteiger partial charge in [-0.1, -0.05) is 53.2 Å². The molecule has 0 unspecified atom stereocenters.